The molecule has 4 rings (SSSR count). The average Bonchev–Trinajstić information content (AvgIpc) is 2.78. The Kier molecular flexibility index (Phi) is 5.48. The van der Waals surface area contributed by atoms with Gasteiger partial charge < -0.3 is 14.2 Å². The highest BCUT2D eigenvalue weighted by Crippen LogP contribution is 2.44. The van der Waals surface area contributed by atoms with E-state index in [1.54, 1.807) is 44.4 Å². The summed E-state index contributed by atoms with van der Waals surface area (Å²) >= 11 is 0. The molecule has 0 fully saturated rings. The molecule has 6 nitrogen and oxygen atoms in total. The van der Waals surface area contributed by atoms with Gasteiger partial charge in [0.1, 0.15) is 17.2 Å². The van der Waals surface area contributed by atoms with Crippen LogP contribution >= 0.6 is 0 Å². The predicted molar refractivity (Wildman–Crippen MR) is 113 cm³/mol. The molecule has 0 saturated heterocycles. The van der Waals surface area contributed by atoms with E-state index in [-0.39, 0.29) is 24.0 Å². The van der Waals surface area contributed by atoms with Gasteiger partial charge in [0.2, 0.25) is 5.91 Å². The topological polar surface area (TPSA) is 65.1 Å². The first kappa shape index (κ1) is 20.0. The molecule has 2 aromatic rings. The van der Waals surface area contributed by atoms with E-state index in [0.717, 1.165) is 23.3 Å². The molecule has 1 atom stereocenters. The van der Waals surface area contributed by atoms with Gasteiger partial charge in [-0.1, -0.05) is 12.1 Å². The molecular weight excluding hydrogens is 382 g/mol. The summed E-state index contributed by atoms with van der Waals surface area (Å²) in [6, 6.07) is 13.0. The Morgan fingerprint density at radius 2 is 1.57 bits per heavy atom. The molecule has 0 spiro atoms. The lowest BCUT2D eigenvalue weighted by molar-refractivity contribution is -0.119. The monoisotopic (exact) mass is 407 g/mol. The molecule has 2 aliphatic rings. The smallest absolute Gasteiger partial charge is 0.232 e. The molecule has 0 N–H and O–H groups in total. The van der Waals surface area contributed by atoms with Crippen LogP contribution in [0.15, 0.2) is 53.7 Å². The van der Waals surface area contributed by atoms with Crippen molar-refractivity contribution in [3.8, 4) is 17.2 Å². The summed E-state index contributed by atoms with van der Waals surface area (Å²) in [5.74, 6) is 1.69. The zero-order valence-electron chi connectivity index (χ0n) is 17.4. The molecule has 1 heterocycles. The number of ketones is 1. The summed E-state index contributed by atoms with van der Waals surface area (Å²) in [4.78, 5) is 28.1. The summed E-state index contributed by atoms with van der Waals surface area (Å²) in [7, 11) is 4.76. The van der Waals surface area contributed by atoms with Crippen molar-refractivity contribution in [1.82, 2.24) is 0 Å². The summed E-state index contributed by atoms with van der Waals surface area (Å²) in [5, 5.41) is 0. The maximum atomic E-state index is 13.4. The number of Topliss-reactive ketones (excluding diaryl/α,β-unsaturated/α-hetero) is 1. The molecule has 1 aliphatic heterocycles. The van der Waals surface area contributed by atoms with Gasteiger partial charge in [0.15, 0.2) is 5.78 Å². The van der Waals surface area contributed by atoms with E-state index < -0.39 is 0 Å². The van der Waals surface area contributed by atoms with E-state index in [1.807, 2.05) is 24.3 Å². The predicted octanol–water partition coefficient (Wildman–Crippen LogP) is 4.24. The number of carbonyl (C=O) groups excluding carboxylic acids is 2. The number of ether oxygens (including phenoxy) is 3. The third kappa shape index (κ3) is 3.54. The van der Waals surface area contributed by atoms with Crippen molar-refractivity contribution < 1.29 is 23.8 Å². The molecule has 0 radical (unpaired) electrons. The quantitative estimate of drug-likeness (QED) is 0.742. The molecule has 1 amide bonds. The van der Waals surface area contributed by atoms with Crippen LogP contribution in [0.5, 0.6) is 17.2 Å². The van der Waals surface area contributed by atoms with E-state index in [9.17, 15) is 9.59 Å². The van der Waals surface area contributed by atoms with E-state index >= 15 is 0 Å². The van der Waals surface area contributed by atoms with Gasteiger partial charge in [-0.3, -0.25) is 14.5 Å². The Morgan fingerprint density at radius 1 is 0.867 bits per heavy atom. The third-order valence-electron chi connectivity index (χ3n) is 5.77. The standard InChI is InChI=1S/C24H25NO5/c1-28-17-7-4-6-15(10-17)20-14-23(27)25(21-8-5-9-22(26)24(20)21)16-11-18(29-2)13-19(12-16)30-3/h4,6-7,10-13,20H,5,8-9,14H2,1-3H3. The second-order valence-corrected chi connectivity index (χ2v) is 7.47. The zero-order valence-corrected chi connectivity index (χ0v) is 17.4. The van der Waals surface area contributed by atoms with Gasteiger partial charge in [0.05, 0.1) is 27.0 Å². The molecule has 1 unspecified atom stereocenters. The fourth-order valence-electron chi connectivity index (χ4n) is 4.36. The first-order valence-electron chi connectivity index (χ1n) is 10.0. The van der Waals surface area contributed by atoms with Crippen LogP contribution in [0.25, 0.3) is 0 Å². The number of allylic oxidation sites excluding steroid dienone is 2. The van der Waals surface area contributed by atoms with Crippen LogP contribution in [-0.4, -0.2) is 33.0 Å². The molecule has 2 aromatic carbocycles. The minimum absolute atomic E-state index is 0.0495. The number of benzene rings is 2. The number of nitrogens with zero attached hydrogens (tertiary/aromatic N) is 1. The van der Waals surface area contributed by atoms with Gasteiger partial charge in [-0.2, -0.15) is 0 Å². The fraction of sp³-hybridized carbons (Fsp3) is 0.333. The Labute approximate surface area is 176 Å². The number of hydrogen-bond donors (Lipinski definition) is 0. The van der Waals surface area contributed by atoms with Gasteiger partial charge >= 0.3 is 0 Å². The molecule has 0 bridgehead atoms. The average molecular weight is 407 g/mol. The van der Waals surface area contributed by atoms with Crippen molar-refractivity contribution in [2.24, 2.45) is 0 Å². The lowest BCUT2D eigenvalue weighted by Crippen LogP contribution is -2.40. The van der Waals surface area contributed by atoms with Gasteiger partial charge in [-0.25, -0.2) is 0 Å². The Hall–Kier alpha value is -3.28. The van der Waals surface area contributed by atoms with Crippen LogP contribution in [0.4, 0.5) is 5.69 Å². The maximum Gasteiger partial charge on any atom is 0.232 e. The summed E-state index contributed by atoms with van der Waals surface area (Å²) < 4.78 is 16.1. The lowest BCUT2D eigenvalue weighted by atomic mass is 9.77. The van der Waals surface area contributed by atoms with E-state index in [1.165, 1.54) is 0 Å². The number of hydrogen-bond acceptors (Lipinski definition) is 5. The zero-order chi connectivity index (χ0) is 21.3. The fourth-order valence-corrected chi connectivity index (χ4v) is 4.36. The molecule has 30 heavy (non-hydrogen) atoms. The Balaban J connectivity index is 1.86. The highest BCUT2D eigenvalue weighted by atomic mass is 16.5. The minimum atomic E-state index is -0.265. The van der Waals surface area contributed by atoms with Crippen LogP contribution in [0.3, 0.4) is 0 Å². The first-order valence-corrected chi connectivity index (χ1v) is 10.0. The summed E-state index contributed by atoms with van der Waals surface area (Å²) in [5.41, 5.74) is 3.09. The second-order valence-electron chi connectivity index (χ2n) is 7.47. The SMILES string of the molecule is COc1cccc(C2CC(=O)N(c3cc(OC)cc(OC)c3)C3=C2C(=O)CCC3)c1. The number of rotatable bonds is 5. The second kappa shape index (κ2) is 8.22. The molecule has 1 aliphatic carbocycles. The van der Waals surface area contributed by atoms with Gasteiger partial charge in [0.25, 0.3) is 0 Å². The van der Waals surface area contributed by atoms with Crippen LogP contribution in [-0.2, 0) is 9.59 Å². The van der Waals surface area contributed by atoms with Gasteiger partial charge in [-0.05, 0) is 30.5 Å². The van der Waals surface area contributed by atoms with Crippen molar-refractivity contribution in [2.45, 2.75) is 31.6 Å². The third-order valence-corrected chi connectivity index (χ3v) is 5.77. The highest BCUT2D eigenvalue weighted by Gasteiger charge is 2.40. The highest BCUT2D eigenvalue weighted by molar-refractivity contribution is 6.07. The van der Waals surface area contributed by atoms with Crippen LogP contribution in [0.1, 0.15) is 37.2 Å². The lowest BCUT2D eigenvalue weighted by Gasteiger charge is -2.38. The van der Waals surface area contributed by atoms with E-state index in [0.29, 0.717) is 35.8 Å². The van der Waals surface area contributed by atoms with Gasteiger partial charge in [0, 0.05) is 48.2 Å². The summed E-state index contributed by atoms with van der Waals surface area (Å²) in [6.45, 7) is 0. The van der Waals surface area contributed by atoms with Crippen molar-refractivity contribution in [3.63, 3.8) is 0 Å². The van der Waals surface area contributed by atoms with Crippen molar-refractivity contribution >= 4 is 17.4 Å². The summed E-state index contributed by atoms with van der Waals surface area (Å²) in [6.07, 6.45) is 2.13. The Bertz CT molecular complexity index is 1000. The molecule has 6 heteroatoms. The largest absolute Gasteiger partial charge is 0.497 e. The van der Waals surface area contributed by atoms with Crippen molar-refractivity contribution in [3.05, 3.63) is 59.3 Å². The number of amides is 1. The van der Waals surface area contributed by atoms with Crippen LogP contribution in [0, 0.1) is 0 Å². The normalized spacial score (nSPS) is 18.9. The Morgan fingerprint density at radius 3 is 2.23 bits per heavy atom. The molecule has 156 valence electrons. The molecular formula is C24H25NO5. The number of methoxy groups -OCH3 is 3. The molecule has 0 aromatic heterocycles. The van der Waals surface area contributed by atoms with Crippen molar-refractivity contribution in [2.75, 3.05) is 26.2 Å². The first-order chi connectivity index (χ1) is 14.5. The minimum Gasteiger partial charge on any atom is -0.497 e. The van der Waals surface area contributed by atoms with Crippen molar-refractivity contribution in [1.29, 1.82) is 0 Å². The van der Waals surface area contributed by atoms with E-state index in [2.05, 4.69) is 0 Å². The number of carbonyl (C=O) groups is 2. The maximum absolute atomic E-state index is 13.4. The van der Waals surface area contributed by atoms with E-state index in [4.69, 9.17) is 14.2 Å². The number of anilines is 1. The molecule has 0 saturated carbocycles. The van der Waals surface area contributed by atoms with Gasteiger partial charge in [-0.15, -0.1) is 0 Å². The van der Waals surface area contributed by atoms with Crippen LogP contribution < -0.4 is 19.1 Å². The van der Waals surface area contributed by atoms with Crippen LogP contribution in [0.2, 0.25) is 0 Å².